The topological polar surface area (TPSA) is 95.1 Å². The van der Waals surface area contributed by atoms with Gasteiger partial charge in [-0.2, -0.15) is 5.10 Å². The monoisotopic (exact) mass is 237 g/mol. The second-order valence-electron chi connectivity index (χ2n) is 4.55. The normalized spacial score (nSPS) is 35.1. The van der Waals surface area contributed by atoms with Gasteiger partial charge in [-0.15, -0.1) is 0 Å². The molecule has 2 heterocycles. The summed E-state index contributed by atoms with van der Waals surface area (Å²) in [6, 6.07) is -0.0410. The molecule has 3 N–H and O–H groups in total. The highest BCUT2D eigenvalue weighted by Gasteiger charge is 2.52. The molecule has 1 aliphatic carbocycles. The van der Waals surface area contributed by atoms with Crippen LogP contribution in [0.1, 0.15) is 6.42 Å². The molecule has 7 nitrogen and oxygen atoms in total. The molecular weight excluding hydrogens is 222 g/mol. The zero-order chi connectivity index (χ0) is 11.8. The molecule has 1 saturated heterocycles. The van der Waals surface area contributed by atoms with Gasteiger partial charge in [0.05, 0.1) is 12.1 Å². The fourth-order valence-electron chi connectivity index (χ4n) is 2.62. The lowest BCUT2D eigenvalue weighted by atomic mass is 9.72. The summed E-state index contributed by atoms with van der Waals surface area (Å²) < 4.78 is 7.02. The van der Waals surface area contributed by atoms with Crippen molar-refractivity contribution in [1.29, 1.82) is 0 Å². The van der Waals surface area contributed by atoms with E-state index in [1.165, 1.54) is 17.3 Å². The number of nitrogens with two attached hydrogens (primary N) is 1. The highest BCUT2D eigenvalue weighted by Crippen LogP contribution is 2.37. The van der Waals surface area contributed by atoms with E-state index in [9.17, 15) is 4.79 Å². The molecule has 1 aromatic rings. The molecule has 92 valence electrons. The van der Waals surface area contributed by atoms with Crippen LogP contribution in [0.5, 0.6) is 0 Å². The molecule has 2 fully saturated rings. The fourth-order valence-corrected chi connectivity index (χ4v) is 2.62. The van der Waals surface area contributed by atoms with Crippen molar-refractivity contribution < 1.29 is 9.53 Å². The molecule has 17 heavy (non-hydrogen) atoms. The lowest BCUT2D eigenvalue weighted by molar-refractivity contribution is -0.126. The van der Waals surface area contributed by atoms with Crippen molar-refractivity contribution in [3.8, 4) is 0 Å². The summed E-state index contributed by atoms with van der Waals surface area (Å²) in [4.78, 5) is 15.5. The molecule has 0 radical (unpaired) electrons. The third-order valence-corrected chi connectivity index (χ3v) is 3.55. The molecule has 4 atom stereocenters. The Balaban J connectivity index is 1.55. The van der Waals surface area contributed by atoms with Crippen molar-refractivity contribution in [1.82, 2.24) is 20.1 Å². The van der Waals surface area contributed by atoms with E-state index in [2.05, 4.69) is 15.4 Å². The largest absolute Gasteiger partial charge is 0.376 e. The van der Waals surface area contributed by atoms with Gasteiger partial charge in [0.25, 0.3) is 0 Å². The standard InChI is InChI=1S/C10H15N5O2/c11-8-6-1-2-17-10(6)9(8)14-7(16)3-15-5-12-4-13-15/h4-6,8-10H,1-3,11H2,(H,14,16). The molecule has 0 spiro atoms. The van der Waals surface area contributed by atoms with E-state index in [1.54, 1.807) is 0 Å². The van der Waals surface area contributed by atoms with Gasteiger partial charge in [-0.3, -0.25) is 4.79 Å². The number of carbonyl (C=O) groups is 1. The van der Waals surface area contributed by atoms with E-state index in [0.717, 1.165) is 13.0 Å². The molecule has 4 unspecified atom stereocenters. The van der Waals surface area contributed by atoms with E-state index in [1.807, 2.05) is 0 Å². The third kappa shape index (κ3) is 1.81. The second kappa shape index (κ2) is 4.08. The number of hydrogen-bond donors (Lipinski definition) is 2. The molecule has 1 amide bonds. The maximum absolute atomic E-state index is 11.7. The lowest BCUT2D eigenvalue weighted by Gasteiger charge is -2.45. The van der Waals surface area contributed by atoms with E-state index in [4.69, 9.17) is 10.5 Å². The van der Waals surface area contributed by atoms with Gasteiger partial charge in [0.15, 0.2) is 0 Å². The Hall–Kier alpha value is -1.47. The van der Waals surface area contributed by atoms with Gasteiger partial charge in [-0.25, -0.2) is 9.67 Å². The van der Waals surface area contributed by atoms with E-state index >= 15 is 0 Å². The molecule has 0 bridgehead atoms. The van der Waals surface area contributed by atoms with Gasteiger partial charge in [-0.1, -0.05) is 0 Å². The average Bonchev–Trinajstić information content (AvgIpc) is 2.94. The van der Waals surface area contributed by atoms with Crippen LogP contribution in [0.25, 0.3) is 0 Å². The van der Waals surface area contributed by atoms with Crippen molar-refractivity contribution in [2.45, 2.75) is 31.2 Å². The van der Waals surface area contributed by atoms with Gasteiger partial charge < -0.3 is 15.8 Å². The number of ether oxygens (including phenoxy) is 1. The van der Waals surface area contributed by atoms with Crippen LogP contribution in [0.4, 0.5) is 0 Å². The Morgan fingerprint density at radius 1 is 1.65 bits per heavy atom. The van der Waals surface area contributed by atoms with E-state index in [0.29, 0.717) is 5.92 Å². The molecule has 0 aromatic carbocycles. The van der Waals surface area contributed by atoms with E-state index < -0.39 is 0 Å². The minimum atomic E-state index is -0.107. The summed E-state index contributed by atoms with van der Waals surface area (Å²) in [7, 11) is 0. The summed E-state index contributed by atoms with van der Waals surface area (Å²) in [5.41, 5.74) is 6.00. The number of aromatic nitrogens is 3. The van der Waals surface area contributed by atoms with Crippen molar-refractivity contribution >= 4 is 5.91 Å². The van der Waals surface area contributed by atoms with Gasteiger partial charge >= 0.3 is 0 Å². The SMILES string of the molecule is NC1C2CCOC2C1NC(=O)Cn1cncn1. The van der Waals surface area contributed by atoms with Gasteiger partial charge in [0, 0.05) is 18.6 Å². The number of hydrogen-bond acceptors (Lipinski definition) is 5. The molecule has 7 heteroatoms. The van der Waals surface area contributed by atoms with Crippen LogP contribution in [0, 0.1) is 5.92 Å². The Morgan fingerprint density at radius 3 is 3.29 bits per heavy atom. The first-order chi connectivity index (χ1) is 8.25. The molecule has 1 aromatic heterocycles. The van der Waals surface area contributed by atoms with Gasteiger partial charge in [-0.05, 0) is 6.42 Å². The van der Waals surface area contributed by atoms with Crippen LogP contribution in [-0.4, -0.2) is 45.5 Å². The predicted octanol–water partition coefficient (Wildman–Crippen LogP) is -1.49. The fraction of sp³-hybridized carbons (Fsp3) is 0.700. The van der Waals surface area contributed by atoms with Crippen molar-refractivity contribution in [2.24, 2.45) is 11.7 Å². The van der Waals surface area contributed by atoms with Gasteiger partial charge in [0.1, 0.15) is 19.2 Å². The Kier molecular flexibility index (Phi) is 2.56. The number of carbonyl (C=O) groups excluding carboxylic acids is 1. The second-order valence-corrected chi connectivity index (χ2v) is 4.55. The highest BCUT2D eigenvalue weighted by molar-refractivity contribution is 5.76. The van der Waals surface area contributed by atoms with Crippen molar-refractivity contribution in [3.63, 3.8) is 0 Å². The average molecular weight is 237 g/mol. The smallest absolute Gasteiger partial charge is 0.242 e. The summed E-state index contributed by atoms with van der Waals surface area (Å²) in [6.07, 6.45) is 4.01. The van der Waals surface area contributed by atoms with Crippen LogP contribution in [0.3, 0.4) is 0 Å². The zero-order valence-electron chi connectivity index (χ0n) is 9.32. The van der Waals surface area contributed by atoms with Gasteiger partial charge in [0.2, 0.25) is 5.91 Å². The first-order valence-corrected chi connectivity index (χ1v) is 5.74. The number of rotatable bonds is 3. The molecular formula is C10H15N5O2. The summed E-state index contributed by atoms with van der Waals surface area (Å²) >= 11 is 0. The molecule has 3 rings (SSSR count). The highest BCUT2D eigenvalue weighted by atomic mass is 16.5. The quantitative estimate of drug-likeness (QED) is 0.667. The summed E-state index contributed by atoms with van der Waals surface area (Å²) in [5, 5.41) is 6.77. The number of nitrogens with one attached hydrogen (secondary N) is 1. The number of nitrogens with zero attached hydrogens (tertiary/aromatic N) is 3. The lowest BCUT2D eigenvalue weighted by Crippen LogP contribution is -2.69. The molecule has 1 saturated carbocycles. The van der Waals surface area contributed by atoms with E-state index in [-0.39, 0.29) is 30.6 Å². The maximum atomic E-state index is 11.7. The Morgan fingerprint density at radius 2 is 2.53 bits per heavy atom. The summed E-state index contributed by atoms with van der Waals surface area (Å²) in [5.74, 6) is 0.302. The van der Waals surface area contributed by atoms with Crippen LogP contribution in [0.2, 0.25) is 0 Å². The Labute approximate surface area is 98.3 Å². The van der Waals surface area contributed by atoms with Crippen molar-refractivity contribution in [2.75, 3.05) is 6.61 Å². The Bertz CT molecular complexity index is 407. The van der Waals surface area contributed by atoms with Crippen LogP contribution < -0.4 is 11.1 Å². The predicted molar refractivity (Wildman–Crippen MR) is 57.8 cm³/mol. The first kappa shape index (κ1) is 10.7. The van der Waals surface area contributed by atoms with Crippen LogP contribution in [-0.2, 0) is 16.1 Å². The molecule has 1 aliphatic heterocycles. The third-order valence-electron chi connectivity index (χ3n) is 3.55. The number of fused-ring (bicyclic) bond motifs is 1. The summed E-state index contributed by atoms with van der Waals surface area (Å²) in [6.45, 7) is 0.916. The zero-order valence-corrected chi connectivity index (χ0v) is 9.32. The van der Waals surface area contributed by atoms with Crippen LogP contribution in [0.15, 0.2) is 12.7 Å². The maximum Gasteiger partial charge on any atom is 0.242 e. The minimum Gasteiger partial charge on any atom is -0.376 e. The van der Waals surface area contributed by atoms with Crippen LogP contribution >= 0.6 is 0 Å². The minimum absolute atomic E-state index is 0.0159. The first-order valence-electron chi connectivity index (χ1n) is 5.74. The number of amides is 1. The van der Waals surface area contributed by atoms with Crippen molar-refractivity contribution in [3.05, 3.63) is 12.7 Å². The molecule has 2 aliphatic rings.